The number of benzene rings is 3. The van der Waals surface area contributed by atoms with Gasteiger partial charge in [-0.15, -0.1) is 23.1 Å². The second kappa shape index (κ2) is 10.4. The lowest BCUT2D eigenvalue weighted by molar-refractivity contribution is 0.0697. The molecule has 4 rings (SSSR count). The molecule has 0 atom stereocenters. The lowest BCUT2D eigenvalue weighted by Gasteiger charge is -2.08. The van der Waals surface area contributed by atoms with Crippen LogP contribution in [0.3, 0.4) is 0 Å². The Morgan fingerprint density at radius 2 is 1.59 bits per heavy atom. The standard InChI is InChI=1S/C28H26O4S2/c1-17-5-6-18(2)25(13-17)33-16-22-15-26(21-11-12-23(31-3)24(14-21)32-4)34-27(22)19-7-9-20(10-8-19)28(29)30/h5-15H,16H2,1-4H3,(H,29,30). The van der Waals surface area contributed by atoms with Gasteiger partial charge in [0.15, 0.2) is 11.5 Å². The van der Waals surface area contributed by atoms with Crippen molar-refractivity contribution in [1.29, 1.82) is 0 Å². The average molecular weight is 491 g/mol. The van der Waals surface area contributed by atoms with Crippen LogP contribution in [0.1, 0.15) is 27.0 Å². The van der Waals surface area contributed by atoms with E-state index in [0.29, 0.717) is 11.5 Å². The van der Waals surface area contributed by atoms with E-state index in [-0.39, 0.29) is 5.56 Å². The van der Waals surface area contributed by atoms with Crippen LogP contribution in [0.5, 0.6) is 11.5 Å². The first kappa shape index (κ1) is 23.9. The summed E-state index contributed by atoms with van der Waals surface area (Å²) in [6.45, 7) is 4.24. The van der Waals surface area contributed by atoms with Crippen molar-refractivity contribution in [3.05, 3.63) is 89.0 Å². The van der Waals surface area contributed by atoms with Gasteiger partial charge in [0.2, 0.25) is 0 Å². The molecule has 3 aromatic carbocycles. The maximum Gasteiger partial charge on any atom is 0.335 e. The minimum atomic E-state index is -0.922. The van der Waals surface area contributed by atoms with Crippen molar-refractivity contribution < 1.29 is 19.4 Å². The Morgan fingerprint density at radius 1 is 0.882 bits per heavy atom. The number of carboxylic acid groups (broad SMARTS) is 1. The number of hydrogen-bond donors (Lipinski definition) is 1. The van der Waals surface area contributed by atoms with E-state index in [4.69, 9.17) is 9.47 Å². The number of thiophene rings is 1. The third-order valence-electron chi connectivity index (χ3n) is 5.60. The Balaban J connectivity index is 1.74. The van der Waals surface area contributed by atoms with Gasteiger partial charge in [-0.05, 0) is 78.6 Å². The zero-order valence-corrected chi connectivity index (χ0v) is 21.2. The van der Waals surface area contributed by atoms with Crippen LogP contribution in [0.15, 0.2) is 71.6 Å². The predicted molar refractivity (Wildman–Crippen MR) is 141 cm³/mol. The molecule has 0 aliphatic carbocycles. The number of carboxylic acids is 1. The lowest BCUT2D eigenvalue weighted by atomic mass is 10.1. The highest BCUT2D eigenvalue weighted by molar-refractivity contribution is 7.98. The number of methoxy groups -OCH3 is 2. The van der Waals surface area contributed by atoms with Crippen LogP contribution in [0, 0.1) is 13.8 Å². The van der Waals surface area contributed by atoms with Crippen molar-refractivity contribution in [2.24, 2.45) is 0 Å². The predicted octanol–water partition coefficient (Wildman–Crippen LogP) is 7.71. The highest BCUT2D eigenvalue weighted by Crippen LogP contribution is 2.43. The average Bonchev–Trinajstić information content (AvgIpc) is 3.28. The van der Waals surface area contributed by atoms with E-state index in [1.54, 1.807) is 37.7 Å². The van der Waals surface area contributed by atoms with Crippen molar-refractivity contribution in [1.82, 2.24) is 0 Å². The highest BCUT2D eigenvalue weighted by atomic mass is 32.2. The summed E-state index contributed by atoms with van der Waals surface area (Å²) in [6.07, 6.45) is 0. The molecule has 4 aromatic rings. The molecule has 0 bridgehead atoms. The molecule has 1 heterocycles. The molecular formula is C28H26O4S2. The first-order valence-electron chi connectivity index (χ1n) is 10.8. The number of hydrogen-bond acceptors (Lipinski definition) is 5. The summed E-state index contributed by atoms with van der Waals surface area (Å²) in [7, 11) is 3.27. The van der Waals surface area contributed by atoms with Gasteiger partial charge in [0.05, 0.1) is 19.8 Å². The number of rotatable bonds is 8. The second-order valence-corrected chi connectivity index (χ2v) is 10.0. The van der Waals surface area contributed by atoms with Crippen LogP contribution in [-0.2, 0) is 5.75 Å². The fraction of sp³-hybridized carbons (Fsp3) is 0.179. The molecule has 1 aromatic heterocycles. The van der Waals surface area contributed by atoms with E-state index in [1.165, 1.54) is 21.6 Å². The summed E-state index contributed by atoms with van der Waals surface area (Å²) in [4.78, 5) is 14.8. The molecule has 0 spiro atoms. The van der Waals surface area contributed by atoms with Crippen molar-refractivity contribution in [3.63, 3.8) is 0 Å². The normalized spacial score (nSPS) is 10.8. The van der Waals surface area contributed by atoms with E-state index in [9.17, 15) is 9.90 Å². The van der Waals surface area contributed by atoms with Gasteiger partial charge in [-0.2, -0.15) is 0 Å². The van der Waals surface area contributed by atoms with Crippen molar-refractivity contribution in [2.45, 2.75) is 24.5 Å². The van der Waals surface area contributed by atoms with E-state index < -0.39 is 5.97 Å². The smallest absolute Gasteiger partial charge is 0.335 e. The minimum absolute atomic E-state index is 0.284. The van der Waals surface area contributed by atoms with Gasteiger partial charge in [-0.25, -0.2) is 4.79 Å². The molecule has 4 nitrogen and oxygen atoms in total. The Kier molecular flexibility index (Phi) is 7.29. The van der Waals surface area contributed by atoms with Crippen LogP contribution in [0.4, 0.5) is 0 Å². The van der Waals surface area contributed by atoms with Gasteiger partial charge < -0.3 is 14.6 Å². The number of aryl methyl sites for hydroxylation is 2. The SMILES string of the molecule is COc1ccc(-c2cc(CSc3cc(C)ccc3C)c(-c3ccc(C(=O)O)cc3)s2)cc1OC. The van der Waals surface area contributed by atoms with Crippen molar-refractivity contribution in [3.8, 4) is 32.4 Å². The fourth-order valence-corrected chi connectivity index (χ4v) is 6.07. The summed E-state index contributed by atoms with van der Waals surface area (Å²) in [5.41, 5.74) is 6.06. The summed E-state index contributed by atoms with van der Waals surface area (Å²) in [5, 5.41) is 9.28. The Bertz CT molecular complexity index is 1320. The summed E-state index contributed by atoms with van der Waals surface area (Å²) >= 11 is 3.52. The van der Waals surface area contributed by atoms with Crippen LogP contribution in [-0.4, -0.2) is 25.3 Å². The maximum absolute atomic E-state index is 11.3. The molecule has 0 aliphatic heterocycles. The van der Waals surface area contributed by atoms with Crippen LogP contribution in [0.2, 0.25) is 0 Å². The molecule has 0 fully saturated rings. The van der Waals surface area contributed by atoms with Gasteiger partial charge >= 0.3 is 5.97 Å². The Hall–Kier alpha value is -3.22. The van der Waals surface area contributed by atoms with E-state index in [0.717, 1.165) is 26.6 Å². The van der Waals surface area contributed by atoms with E-state index in [1.807, 2.05) is 42.1 Å². The molecule has 0 amide bonds. The molecule has 0 saturated carbocycles. The molecule has 0 aliphatic rings. The Labute approximate surface area is 208 Å². The van der Waals surface area contributed by atoms with Crippen molar-refractivity contribution >= 4 is 29.1 Å². The quantitative estimate of drug-likeness (QED) is 0.256. The zero-order chi connectivity index (χ0) is 24.2. The molecule has 174 valence electrons. The van der Waals surface area contributed by atoms with Gasteiger partial charge in [0.25, 0.3) is 0 Å². The molecule has 0 unspecified atom stereocenters. The third kappa shape index (κ3) is 5.13. The molecule has 0 radical (unpaired) electrons. The molecule has 1 N–H and O–H groups in total. The van der Waals surface area contributed by atoms with Gasteiger partial charge in [-0.1, -0.05) is 29.8 Å². The summed E-state index contributed by atoms with van der Waals surface area (Å²) < 4.78 is 10.9. The minimum Gasteiger partial charge on any atom is -0.493 e. The van der Waals surface area contributed by atoms with Gasteiger partial charge in [0.1, 0.15) is 0 Å². The third-order valence-corrected chi connectivity index (χ3v) is 8.08. The number of thioether (sulfide) groups is 1. The van der Waals surface area contributed by atoms with Crippen LogP contribution in [0.25, 0.3) is 20.9 Å². The Morgan fingerprint density at radius 3 is 2.26 bits per heavy atom. The fourth-order valence-electron chi connectivity index (χ4n) is 3.69. The molecule has 0 saturated heterocycles. The van der Waals surface area contributed by atoms with Crippen LogP contribution < -0.4 is 9.47 Å². The largest absolute Gasteiger partial charge is 0.493 e. The lowest BCUT2D eigenvalue weighted by Crippen LogP contribution is -1.95. The van der Waals surface area contributed by atoms with Gasteiger partial charge in [-0.3, -0.25) is 0 Å². The number of ether oxygens (including phenoxy) is 2. The first-order valence-corrected chi connectivity index (χ1v) is 12.6. The molecular weight excluding hydrogens is 464 g/mol. The number of aromatic carboxylic acids is 1. The first-order chi connectivity index (χ1) is 16.4. The van der Waals surface area contributed by atoms with Crippen LogP contribution >= 0.6 is 23.1 Å². The van der Waals surface area contributed by atoms with Crippen molar-refractivity contribution in [2.75, 3.05) is 14.2 Å². The summed E-state index contributed by atoms with van der Waals surface area (Å²) in [5.74, 6) is 1.27. The number of carbonyl (C=O) groups is 1. The molecule has 6 heteroatoms. The zero-order valence-electron chi connectivity index (χ0n) is 19.5. The molecule has 34 heavy (non-hydrogen) atoms. The van der Waals surface area contributed by atoms with E-state index >= 15 is 0 Å². The second-order valence-electron chi connectivity index (χ2n) is 7.97. The highest BCUT2D eigenvalue weighted by Gasteiger charge is 2.16. The van der Waals surface area contributed by atoms with E-state index in [2.05, 4.69) is 38.1 Å². The monoisotopic (exact) mass is 490 g/mol. The maximum atomic E-state index is 11.3. The van der Waals surface area contributed by atoms with Gasteiger partial charge in [0, 0.05) is 20.4 Å². The topological polar surface area (TPSA) is 55.8 Å². The summed E-state index contributed by atoms with van der Waals surface area (Å²) in [6, 6.07) is 21.8.